The average Bonchev–Trinajstić information content (AvgIpc) is 3.13. The maximum absolute atomic E-state index is 12.3. The van der Waals surface area contributed by atoms with Gasteiger partial charge in [-0.25, -0.2) is 9.59 Å². The van der Waals surface area contributed by atoms with E-state index in [1.807, 2.05) is 36.4 Å². The van der Waals surface area contributed by atoms with Gasteiger partial charge in [0.25, 0.3) is 0 Å². The Morgan fingerprint density at radius 3 is 2.18 bits per heavy atom. The van der Waals surface area contributed by atoms with Gasteiger partial charge in [-0.1, -0.05) is 71.7 Å². The van der Waals surface area contributed by atoms with Crippen molar-refractivity contribution in [3.63, 3.8) is 0 Å². The minimum atomic E-state index is -1.28. The van der Waals surface area contributed by atoms with Gasteiger partial charge in [-0.3, -0.25) is 4.79 Å². The van der Waals surface area contributed by atoms with Gasteiger partial charge < -0.3 is 20.5 Å². The molecule has 2 amide bonds. The number of carboxylic acid groups (broad SMARTS) is 1. The summed E-state index contributed by atoms with van der Waals surface area (Å²) in [6, 6.07) is 18.6. The van der Waals surface area contributed by atoms with Crippen LogP contribution in [0.4, 0.5) is 10.5 Å². The second-order valence-corrected chi connectivity index (χ2v) is 8.51. The molecule has 0 atom stereocenters. The molecule has 34 heavy (non-hydrogen) atoms. The van der Waals surface area contributed by atoms with Gasteiger partial charge >= 0.3 is 12.1 Å². The lowest BCUT2D eigenvalue weighted by Crippen LogP contribution is -2.29. The Bertz CT molecular complexity index is 1230. The number of nitrogens with one attached hydrogen (secondary N) is 2. The Balaban J connectivity index is 1.30. The summed E-state index contributed by atoms with van der Waals surface area (Å²) in [4.78, 5) is 35.9. The topological polar surface area (TPSA) is 105 Å². The van der Waals surface area contributed by atoms with Crippen molar-refractivity contribution in [1.29, 1.82) is 0 Å². The number of halogens is 2. The lowest BCUT2D eigenvalue weighted by molar-refractivity contribution is -0.116. The van der Waals surface area contributed by atoms with E-state index in [0.29, 0.717) is 0 Å². The van der Waals surface area contributed by atoms with Crippen molar-refractivity contribution >= 4 is 46.9 Å². The van der Waals surface area contributed by atoms with Crippen LogP contribution in [0.5, 0.6) is 0 Å². The Hall–Kier alpha value is -3.55. The van der Waals surface area contributed by atoms with Crippen LogP contribution in [-0.2, 0) is 9.53 Å². The van der Waals surface area contributed by atoms with E-state index in [1.54, 1.807) is 0 Å². The van der Waals surface area contributed by atoms with Gasteiger partial charge in [0.2, 0.25) is 5.91 Å². The number of carbonyl (C=O) groups excluding carboxylic acids is 2. The van der Waals surface area contributed by atoms with Crippen LogP contribution in [0.25, 0.3) is 11.1 Å². The molecule has 0 saturated carbocycles. The maximum atomic E-state index is 12.3. The van der Waals surface area contributed by atoms with E-state index < -0.39 is 18.0 Å². The van der Waals surface area contributed by atoms with Crippen molar-refractivity contribution in [2.45, 2.75) is 12.3 Å². The number of rotatable bonds is 7. The summed E-state index contributed by atoms with van der Waals surface area (Å²) in [6.45, 7) is 0.157. The number of fused-ring (bicyclic) bond motifs is 3. The van der Waals surface area contributed by atoms with E-state index in [2.05, 4.69) is 22.8 Å². The predicted octanol–water partition coefficient (Wildman–Crippen LogP) is 5.56. The van der Waals surface area contributed by atoms with E-state index in [4.69, 9.17) is 27.9 Å². The van der Waals surface area contributed by atoms with E-state index in [1.165, 1.54) is 12.1 Å². The van der Waals surface area contributed by atoms with Crippen molar-refractivity contribution in [2.24, 2.45) is 0 Å². The third-order valence-electron chi connectivity index (χ3n) is 5.51. The molecule has 0 fully saturated rings. The van der Waals surface area contributed by atoms with Crippen molar-refractivity contribution in [3.8, 4) is 11.1 Å². The highest BCUT2D eigenvalue weighted by atomic mass is 35.5. The highest BCUT2D eigenvalue weighted by Gasteiger charge is 2.29. The SMILES string of the molecule is O=C(CCNC(=O)OCC1c2ccccc2-c2ccccc21)Nc1c(Cl)cc(Cl)cc1C(=O)O. The Morgan fingerprint density at radius 2 is 1.56 bits per heavy atom. The Labute approximate surface area is 205 Å². The van der Waals surface area contributed by atoms with Crippen molar-refractivity contribution in [1.82, 2.24) is 5.32 Å². The van der Waals surface area contributed by atoms with Crippen LogP contribution in [0.15, 0.2) is 60.7 Å². The first-order chi connectivity index (χ1) is 16.3. The molecular formula is C25H20Cl2N2O5. The summed E-state index contributed by atoms with van der Waals surface area (Å²) in [5, 5.41) is 14.4. The van der Waals surface area contributed by atoms with Crippen LogP contribution in [-0.4, -0.2) is 36.2 Å². The third-order valence-corrected chi connectivity index (χ3v) is 6.03. The summed E-state index contributed by atoms with van der Waals surface area (Å²) >= 11 is 11.9. The number of carboxylic acids is 1. The monoisotopic (exact) mass is 498 g/mol. The lowest BCUT2D eigenvalue weighted by atomic mass is 9.98. The highest BCUT2D eigenvalue weighted by molar-refractivity contribution is 6.37. The molecule has 0 saturated heterocycles. The van der Waals surface area contributed by atoms with E-state index >= 15 is 0 Å². The number of amides is 2. The first kappa shape index (κ1) is 23.6. The zero-order valence-electron chi connectivity index (χ0n) is 17.8. The number of ether oxygens (including phenoxy) is 1. The van der Waals surface area contributed by atoms with Gasteiger partial charge in [-0.15, -0.1) is 0 Å². The fourth-order valence-corrected chi connectivity index (χ4v) is 4.54. The van der Waals surface area contributed by atoms with Gasteiger partial charge in [0, 0.05) is 23.9 Å². The molecule has 3 aromatic rings. The van der Waals surface area contributed by atoms with E-state index in [-0.39, 0.29) is 46.8 Å². The molecule has 1 aliphatic rings. The molecule has 1 aliphatic carbocycles. The summed E-state index contributed by atoms with van der Waals surface area (Å²) in [6.07, 6.45) is -0.757. The van der Waals surface area contributed by atoms with Crippen LogP contribution in [0.1, 0.15) is 33.8 Å². The van der Waals surface area contributed by atoms with E-state index in [0.717, 1.165) is 22.3 Å². The molecule has 0 bridgehead atoms. The van der Waals surface area contributed by atoms with Gasteiger partial charge in [-0.05, 0) is 34.4 Å². The molecule has 9 heteroatoms. The number of benzene rings is 3. The zero-order valence-corrected chi connectivity index (χ0v) is 19.3. The van der Waals surface area contributed by atoms with Crippen molar-refractivity contribution < 1.29 is 24.2 Å². The summed E-state index contributed by atoms with van der Waals surface area (Å²) in [5.41, 5.74) is 4.19. The standard InChI is InChI=1S/C25H20Cl2N2O5/c26-14-11-19(24(31)32)23(21(27)12-14)29-22(30)9-10-28-25(33)34-13-20-17-7-3-1-5-15(17)16-6-2-4-8-18(16)20/h1-8,11-12,20H,9-10,13H2,(H,28,33)(H,29,30)(H,31,32). The smallest absolute Gasteiger partial charge is 0.407 e. The first-order valence-corrected chi connectivity index (χ1v) is 11.2. The summed E-state index contributed by atoms with van der Waals surface area (Å²) in [7, 11) is 0. The molecule has 0 aliphatic heterocycles. The average molecular weight is 499 g/mol. The van der Waals surface area contributed by atoms with Crippen LogP contribution in [0.2, 0.25) is 10.0 Å². The van der Waals surface area contributed by atoms with Gasteiger partial charge in [0.15, 0.2) is 0 Å². The zero-order chi connectivity index (χ0) is 24.2. The van der Waals surface area contributed by atoms with Crippen molar-refractivity contribution in [3.05, 3.63) is 87.4 Å². The second kappa shape index (κ2) is 10.2. The Morgan fingerprint density at radius 1 is 0.941 bits per heavy atom. The molecule has 0 spiro atoms. The van der Waals surface area contributed by atoms with E-state index in [9.17, 15) is 19.5 Å². The Kier molecular flexibility index (Phi) is 7.05. The van der Waals surface area contributed by atoms with Gasteiger partial charge in [0.05, 0.1) is 16.3 Å². The van der Waals surface area contributed by atoms with Gasteiger partial charge in [0.1, 0.15) is 6.61 Å². The van der Waals surface area contributed by atoms with Crippen LogP contribution in [0, 0.1) is 0 Å². The molecule has 0 aromatic heterocycles. The number of hydrogen-bond acceptors (Lipinski definition) is 4. The number of carbonyl (C=O) groups is 3. The second-order valence-electron chi connectivity index (χ2n) is 7.67. The number of aromatic carboxylic acids is 1. The number of anilines is 1. The number of hydrogen-bond donors (Lipinski definition) is 3. The normalized spacial score (nSPS) is 11.9. The molecular weight excluding hydrogens is 479 g/mol. The largest absolute Gasteiger partial charge is 0.478 e. The third kappa shape index (κ3) is 5.00. The molecule has 0 radical (unpaired) electrons. The molecule has 174 valence electrons. The highest BCUT2D eigenvalue weighted by Crippen LogP contribution is 2.44. The molecule has 0 unspecified atom stereocenters. The fourth-order valence-electron chi connectivity index (χ4n) is 4.00. The van der Waals surface area contributed by atoms with Crippen LogP contribution < -0.4 is 10.6 Å². The maximum Gasteiger partial charge on any atom is 0.407 e. The van der Waals surface area contributed by atoms with Crippen LogP contribution >= 0.6 is 23.2 Å². The summed E-state index contributed by atoms with van der Waals surface area (Å²) in [5.74, 6) is -1.87. The van der Waals surface area contributed by atoms with Crippen LogP contribution in [0.3, 0.4) is 0 Å². The minimum absolute atomic E-state index is 0.00254. The first-order valence-electron chi connectivity index (χ1n) is 10.5. The molecule has 3 aromatic carbocycles. The molecule has 3 N–H and O–H groups in total. The van der Waals surface area contributed by atoms with Gasteiger partial charge in [-0.2, -0.15) is 0 Å². The fraction of sp³-hybridized carbons (Fsp3) is 0.160. The molecule has 7 nitrogen and oxygen atoms in total. The minimum Gasteiger partial charge on any atom is -0.478 e. The molecule has 0 heterocycles. The summed E-state index contributed by atoms with van der Waals surface area (Å²) < 4.78 is 5.43. The van der Waals surface area contributed by atoms with Crippen molar-refractivity contribution in [2.75, 3.05) is 18.5 Å². The predicted molar refractivity (Wildman–Crippen MR) is 130 cm³/mol. The molecule has 4 rings (SSSR count). The lowest BCUT2D eigenvalue weighted by Gasteiger charge is -2.15. The number of alkyl carbamates (subject to hydrolysis) is 1. The quantitative estimate of drug-likeness (QED) is 0.395.